The molecule has 1 heterocycles. The van der Waals surface area contributed by atoms with E-state index in [9.17, 15) is 21.6 Å². The molecule has 0 aromatic carbocycles. The molecule has 0 aliphatic heterocycles. The Labute approximate surface area is 106 Å². The molecular formula is C8H10F3N3O2S2. The lowest BCUT2D eigenvalue weighted by Gasteiger charge is -2.07. The smallest absolute Gasteiger partial charge is 0.384 e. The lowest BCUT2D eigenvalue weighted by atomic mass is 10.5. The Bertz CT molecular complexity index is 487. The van der Waals surface area contributed by atoms with Gasteiger partial charge >= 0.3 is 5.51 Å². The van der Waals surface area contributed by atoms with Crippen molar-refractivity contribution in [3.63, 3.8) is 0 Å². The van der Waals surface area contributed by atoms with Gasteiger partial charge in [0, 0.05) is 18.5 Å². The van der Waals surface area contributed by atoms with E-state index in [2.05, 4.69) is 4.98 Å². The molecule has 0 fully saturated rings. The van der Waals surface area contributed by atoms with Crippen LogP contribution in [0.15, 0.2) is 23.2 Å². The average molecular weight is 301 g/mol. The maximum atomic E-state index is 11.8. The third kappa shape index (κ3) is 5.10. The van der Waals surface area contributed by atoms with E-state index in [1.807, 2.05) is 4.72 Å². The molecule has 0 spiro atoms. The largest absolute Gasteiger partial charge is 0.441 e. The molecule has 0 radical (unpaired) electrons. The highest BCUT2D eigenvalue weighted by molar-refractivity contribution is 8.00. The van der Waals surface area contributed by atoms with Gasteiger partial charge in [0.25, 0.3) is 0 Å². The Balaban J connectivity index is 2.53. The van der Waals surface area contributed by atoms with Crippen molar-refractivity contribution >= 4 is 27.6 Å². The van der Waals surface area contributed by atoms with E-state index in [1.165, 1.54) is 12.1 Å². The zero-order valence-electron chi connectivity index (χ0n) is 8.94. The van der Waals surface area contributed by atoms with E-state index in [0.29, 0.717) is 0 Å². The maximum absolute atomic E-state index is 11.8. The summed E-state index contributed by atoms with van der Waals surface area (Å²) in [7, 11) is -3.84. The normalized spacial score (nSPS) is 12.6. The van der Waals surface area contributed by atoms with Crippen LogP contribution in [0, 0.1) is 0 Å². The average Bonchev–Trinajstić information content (AvgIpc) is 2.24. The van der Waals surface area contributed by atoms with E-state index in [0.717, 1.165) is 6.20 Å². The van der Waals surface area contributed by atoms with Crippen LogP contribution in [0.3, 0.4) is 0 Å². The fourth-order valence-electron chi connectivity index (χ4n) is 0.977. The van der Waals surface area contributed by atoms with Gasteiger partial charge in [-0.2, -0.15) is 13.2 Å². The molecule has 102 valence electrons. The van der Waals surface area contributed by atoms with E-state index in [4.69, 9.17) is 5.73 Å². The van der Waals surface area contributed by atoms with E-state index >= 15 is 0 Å². The Morgan fingerprint density at radius 3 is 2.56 bits per heavy atom. The number of aromatic nitrogens is 1. The lowest BCUT2D eigenvalue weighted by molar-refractivity contribution is -0.0327. The van der Waals surface area contributed by atoms with Gasteiger partial charge in [-0.05, 0) is 23.9 Å². The van der Waals surface area contributed by atoms with Crippen molar-refractivity contribution in [1.29, 1.82) is 0 Å². The number of rotatable bonds is 5. The number of thioether (sulfide) groups is 1. The highest BCUT2D eigenvalue weighted by Crippen LogP contribution is 2.29. The van der Waals surface area contributed by atoms with Crippen LogP contribution in [0.4, 0.5) is 19.0 Å². The molecule has 0 atom stereocenters. The van der Waals surface area contributed by atoms with Gasteiger partial charge in [-0.3, -0.25) is 0 Å². The highest BCUT2D eigenvalue weighted by atomic mass is 32.2. The Kier molecular flexibility index (Phi) is 4.82. The summed E-state index contributed by atoms with van der Waals surface area (Å²) in [6.45, 7) is -0.323. The van der Waals surface area contributed by atoms with Crippen LogP contribution in [-0.2, 0) is 10.0 Å². The predicted molar refractivity (Wildman–Crippen MR) is 62.4 cm³/mol. The minimum atomic E-state index is -4.37. The van der Waals surface area contributed by atoms with Gasteiger partial charge < -0.3 is 5.73 Å². The summed E-state index contributed by atoms with van der Waals surface area (Å²) in [5.74, 6) is -0.243. The van der Waals surface area contributed by atoms with Crippen LogP contribution in [0.5, 0.6) is 0 Å². The maximum Gasteiger partial charge on any atom is 0.441 e. The van der Waals surface area contributed by atoms with Crippen LogP contribution >= 0.6 is 11.8 Å². The molecule has 0 bridgehead atoms. The van der Waals surface area contributed by atoms with Gasteiger partial charge in [-0.25, -0.2) is 18.1 Å². The number of halogens is 3. The molecule has 0 saturated carbocycles. The van der Waals surface area contributed by atoms with Crippen molar-refractivity contribution in [1.82, 2.24) is 9.71 Å². The molecule has 0 aliphatic rings. The van der Waals surface area contributed by atoms with E-state index in [-0.39, 0.29) is 29.0 Å². The zero-order chi connectivity index (χ0) is 13.8. The van der Waals surface area contributed by atoms with Crippen molar-refractivity contribution in [2.45, 2.75) is 10.4 Å². The number of nitrogens with two attached hydrogens (primary N) is 1. The van der Waals surface area contributed by atoms with Crippen molar-refractivity contribution < 1.29 is 21.6 Å². The molecule has 0 unspecified atom stereocenters. The monoisotopic (exact) mass is 301 g/mol. The topological polar surface area (TPSA) is 85.1 Å². The second-order valence-corrected chi connectivity index (χ2v) is 6.04. The van der Waals surface area contributed by atoms with Gasteiger partial charge in [0.1, 0.15) is 10.7 Å². The number of hydrogen-bond donors (Lipinski definition) is 2. The number of alkyl halides is 3. The molecule has 1 aromatic rings. The first kappa shape index (κ1) is 15.1. The van der Waals surface area contributed by atoms with E-state index in [1.54, 1.807) is 0 Å². The van der Waals surface area contributed by atoms with Crippen molar-refractivity contribution in [2.24, 2.45) is 0 Å². The SMILES string of the molecule is Nc1ccc(S(=O)(=O)NCCSC(F)(F)F)cn1. The first-order valence-electron chi connectivity index (χ1n) is 4.62. The summed E-state index contributed by atoms with van der Waals surface area (Å²) in [6, 6.07) is 2.51. The molecule has 0 aliphatic carbocycles. The van der Waals surface area contributed by atoms with Crippen molar-refractivity contribution in [2.75, 3.05) is 18.0 Å². The van der Waals surface area contributed by atoms with Crippen LogP contribution in [0.25, 0.3) is 0 Å². The molecule has 0 saturated heterocycles. The molecule has 0 amide bonds. The zero-order valence-corrected chi connectivity index (χ0v) is 10.6. The summed E-state index contributed by atoms with van der Waals surface area (Å²) in [4.78, 5) is 3.44. The van der Waals surface area contributed by atoms with E-state index < -0.39 is 21.3 Å². The standard InChI is InChI=1S/C8H10F3N3O2S2/c9-8(10,11)17-4-3-14-18(15,16)6-1-2-7(12)13-5-6/h1-2,5,14H,3-4H2,(H2,12,13). The van der Waals surface area contributed by atoms with Crippen LogP contribution in [-0.4, -0.2) is 31.2 Å². The van der Waals surface area contributed by atoms with Gasteiger partial charge in [-0.1, -0.05) is 0 Å². The minimum absolute atomic E-state index is 0.145. The minimum Gasteiger partial charge on any atom is -0.384 e. The third-order valence-corrected chi connectivity index (χ3v) is 3.91. The Morgan fingerprint density at radius 1 is 1.39 bits per heavy atom. The van der Waals surface area contributed by atoms with Crippen LogP contribution in [0.2, 0.25) is 0 Å². The fraction of sp³-hybridized carbons (Fsp3) is 0.375. The Hall–Kier alpha value is -1.00. The quantitative estimate of drug-likeness (QED) is 0.798. The first-order chi connectivity index (χ1) is 8.21. The summed E-state index contributed by atoms with van der Waals surface area (Å²) in [5.41, 5.74) is 0.918. The highest BCUT2D eigenvalue weighted by Gasteiger charge is 2.27. The van der Waals surface area contributed by atoms with Gasteiger partial charge in [0.2, 0.25) is 10.0 Å². The molecule has 10 heteroatoms. The molecule has 18 heavy (non-hydrogen) atoms. The Morgan fingerprint density at radius 2 is 2.06 bits per heavy atom. The predicted octanol–water partition coefficient (Wildman–Crippen LogP) is 1.20. The lowest BCUT2D eigenvalue weighted by Crippen LogP contribution is -2.26. The van der Waals surface area contributed by atoms with Crippen molar-refractivity contribution in [3.8, 4) is 0 Å². The molecule has 3 N–H and O–H groups in total. The number of nitrogens with zero attached hydrogens (tertiary/aromatic N) is 1. The summed E-state index contributed by atoms with van der Waals surface area (Å²) < 4.78 is 60.6. The molecular weight excluding hydrogens is 291 g/mol. The number of pyridine rings is 1. The van der Waals surface area contributed by atoms with Crippen LogP contribution in [0.1, 0.15) is 0 Å². The number of nitrogen functional groups attached to an aromatic ring is 1. The molecule has 5 nitrogen and oxygen atoms in total. The van der Waals surface area contributed by atoms with Crippen molar-refractivity contribution in [3.05, 3.63) is 18.3 Å². The summed E-state index contributed by atoms with van der Waals surface area (Å²) in [5, 5.41) is 0. The molecule has 1 aromatic heterocycles. The third-order valence-electron chi connectivity index (χ3n) is 1.73. The number of anilines is 1. The summed E-state index contributed by atoms with van der Waals surface area (Å²) >= 11 is -0.291. The number of hydrogen-bond acceptors (Lipinski definition) is 5. The fourth-order valence-corrected chi connectivity index (χ4v) is 2.52. The second kappa shape index (κ2) is 5.76. The van der Waals surface area contributed by atoms with Gasteiger partial charge in [-0.15, -0.1) is 0 Å². The molecule has 1 rings (SSSR count). The second-order valence-electron chi connectivity index (χ2n) is 3.11. The van der Waals surface area contributed by atoms with Gasteiger partial charge in [0.05, 0.1) is 0 Å². The first-order valence-corrected chi connectivity index (χ1v) is 7.09. The number of nitrogens with one attached hydrogen (secondary N) is 1. The number of sulfonamides is 1. The van der Waals surface area contributed by atoms with Gasteiger partial charge in [0.15, 0.2) is 0 Å². The van der Waals surface area contributed by atoms with Crippen LogP contribution < -0.4 is 10.5 Å². The summed E-state index contributed by atoms with van der Waals surface area (Å²) in [6.07, 6.45) is 1.04.